The molecule has 6 nitrogen and oxygen atoms in total. The molecule has 2 N–H and O–H groups in total. The minimum absolute atomic E-state index is 0.0155. The number of hydrogen-bond acceptors (Lipinski definition) is 6. The van der Waals surface area contributed by atoms with Crippen molar-refractivity contribution in [3.63, 3.8) is 0 Å². The quantitative estimate of drug-likeness (QED) is 0.667. The largest absolute Gasteiger partial charge is 0.506 e. The van der Waals surface area contributed by atoms with Crippen LogP contribution in [0.15, 0.2) is 42.5 Å². The van der Waals surface area contributed by atoms with Crippen molar-refractivity contribution in [3.8, 4) is 5.75 Å². The normalized spacial score (nSPS) is 9.91. The zero-order valence-corrected chi connectivity index (χ0v) is 12.1. The van der Waals surface area contributed by atoms with Crippen molar-refractivity contribution in [1.82, 2.24) is 0 Å². The Morgan fingerprint density at radius 2 is 1.55 bits per heavy atom. The molecule has 0 aromatic heterocycles. The van der Waals surface area contributed by atoms with Crippen molar-refractivity contribution < 1.29 is 24.2 Å². The first-order valence-corrected chi connectivity index (χ1v) is 6.43. The van der Waals surface area contributed by atoms with Gasteiger partial charge in [0.25, 0.3) is 0 Å². The fraction of sp³-hybridized carbons (Fsp3) is 0.125. The molecule has 2 aromatic carbocycles. The zero-order valence-electron chi connectivity index (χ0n) is 12.1. The molecule has 6 heteroatoms. The van der Waals surface area contributed by atoms with Gasteiger partial charge >= 0.3 is 11.9 Å². The molecule has 0 heterocycles. The Morgan fingerprint density at radius 1 is 0.909 bits per heavy atom. The monoisotopic (exact) mass is 301 g/mol. The number of ether oxygens (including phenoxy) is 2. The van der Waals surface area contributed by atoms with Crippen LogP contribution in [0.2, 0.25) is 0 Å². The predicted octanol–water partition coefficient (Wildman–Crippen LogP) is 2.71. The average Bonchev–Trinajstić information content (AvgIpc) is 2.55. The van der Waals surface area contributed by atoms with E-state index in [1.54, 1.807) is 30.3 Å². The van der Waals surface area contributed by atoms with E-state index in [1.165, 1.54) is 26.4 Å². The van der Waals surface area contributed by atoms with Crippen molar-refractivity contribution >= 4 is 23.3 Å². The van der Waals surface area contributed by atoms with Gasteiger partial charge in [-0.25, -0.2) is 9.59 Å². The molecular weight excluding hydrogens is 286 g/mol. The summed E-state index contributed by atoms with van der Waals surface area (Å²) in [7, 11) is 2.45. The first kappa shape index (κ1) is 15.4. The predicted molar refractivity (Wildman–Crippen MR) is 80.5 cm³/mol. The van der Waals surface area contributed by atoms with Crippen LogP contribution < -0.4 is 5.32 Å². The number of para-hydroxylation sites is 2. The number of methoxy groups -OCH3 is 2. The van der Waals surface area contributed by atoms with Gasteiger partial charge in [0.05, 0.1) is 36.7 Å². The van der Waals surface area contributed by atoms with Gasteiger partial charge in [0.15, 0.2) is 0 Å². The van der Waals surface area contributed by atoms with Gasteiger partial charge in [-0.05, 0) is 24.3 Å². The molecule has 0 bridgehead atoms. The van der Waals surface area contributed by atoms with Crippen LogP contribution in [0.25, 0.3) is 0 Å². The van der Waals surface area contributed by atoms with Crippen LogP contribution >= 0.6 is 0 Å². The maximum atomic E-state index is 12.0. The van der Waals surface area contributed by atoms with Gasteiger partial charge in [-0.2, -0.15) is 0 Å². The topological polar surface area (TPSA) is 84.9 Å². The first-order valence-electron chi connectivity index (χ1n) is 6.43. The van der Waals surface area contributed by atoms with E-state index in [0.29, 0.717) is 11.4 Å². The number of rotatable bonds is 4. The molecule has 0 atom stereocenters. The van der Waals surface area contributed by atoms with Gasteiger partial charge in [-0.15, -0.1) is 0 Å². The van der Waals surface area contributed by atoms with Crippen molar-refractivity contribution in [3.05, 3.63) is 53.6 Å². The number of hydrogen-bond donors (Lipinski definition) is 2. The molecule has 0 aliphatic carbocycles. The Hall–Kier alpha value is -3.02. The molecule has 0 aliphatic heterocycles. The van der Waals surface area contributed by atoms with E-state index in [0.717, 1.165) is 0 Å². The maximum absolute atomic E-state index is 12.0. The average molecular weight is 301 g/mol. The molecule has 2 rings (SSSR count). The highest BCUT2D eigenvalue weighted by Crippen LogP contribution is 2.30. The highest BCUT2D eigenvalue weighted by Gasteiger charge is 2.22. The fourth-order valence-electron chi connectivity index (χ4n) is 1.98. The standard InChI is InChI=1S/C16H15NO5/c1-21-15(19)10-6-5-8-12(14(10)16(20)22-2)17-11-7-3-4-9-13(11)18/h3-9,17-18H,1-2H3. The van der Waals surface area contributed by atoms with Crippen LogP contribution in [0.4, 0.5) is 11.4 Å². The van der Waals surface area contributed by atoms with E-state index in [2.05, 4.69) is 10.1 Å². The summed E-state index contributed by atoms with van der Waals surface area (Å²) in [4.78, 5) is 23.8. The second kappa shape index (κ2) is 6.62. The molecule has 0 spiro atoms. The van der Waals surface area contributed by atoms with Gasteiger partial charge in [0.2, 0.25) is 0 Å². The minimum atomic E-state index is -0.682. The lowest BCUT2D eigenvalue weighted by molar-refractivity contribution is 0.0556. The van der Waals surface area contributed by atoms with Crippen LogP contribution in [0, 0.1) is 0 Å². The molecule has 0 fully saturated rings. The van der Waals surface area contributed by atoms with Gasteiger partial charge in [0, 0.05) is 0 Å². The van der Waals surface area contributed by atoms with E-state index >= 15 is 0 Å². The smallest absolute Gasteiger partial charge is 0.340 e. The molecular formula is C16H15NO5. The Morgan fingerprint density at radius 3 is 2.18 bits per heavy atom. The highest BCUT2D eigenvalue weighted by atomic mass is 16.5. The number of carbonyl (C=O) groups is 2. The van der Waals surface area contributed by atoms with E-state index in [4.69, 9.17) is 4.74 Å². The second-order valence-corrected chi connectivity index (χ2v) is 4.35. The second-order valence-electron chi connectivity index (χ2n) is 4.35. The Kier molecular flexibility index (Phi) is 4.63. The lowest BCUT2D eigenvalue weighted by atomic mass is 10.0. The summed E-state index contributed by atoms with van der Waals surface area (Å²) < 4.78 is 9.41. The molecule has 0 unspecified atom stereocenters. The summed E-state index contributed by atoms with van der Waals surface area (Å²) in [5.41, 5.74) is 0.848. The van der Waals surface area contributed by atoms with E-state index in [1.807, 2.05) is 0 Å². The van der Waals surface area contributed by atoms with E-state index in [-0.39, 0.29) is 16.9 Å². The summed E-state index contributed by atoms with van der Waals surface area (Å²) in [5, 5.41) is 12.7. The Labute approximate surface area is 127 Å². The number of phenolic OH excluding ortho intramolecular Hbond substituents is 1. The highest BCUT2D eigenvalue weighted by molar-refractivity contribution is 6.07. The molecule has 0 saturated carbocycles. The molecule has 0 saturated heterocycles. The van der Waals surface area contributed by atoms with Crippen LogP contribution in [0.3, 0.4) is 0 Å². The third-order valence-corrected chi connectivity index (χ3v) is 3.03. The molecule has 0 aliphatic rings. The number of phenols is 1. The molecule has 114 valence electrons. The Balaban J connectivity index is 2.53. The van der Waals surface area contributed by atoms with Gasteiger partial charge < -0.3 is 19.9 Å². The summed E-state index contributed by atoms with van der Waals surface area (Å²) in [6, 6.07) is 11.2. The fourth-order valence-corrected chi connectivity index (χ4v) is 1.98. The summed E-state index contributed by atoms with van der Waals surface area (Å²) in [5.74, 6) is -1.32. The molecule has 0 amide bonds. The Bertz CT molecular complexity index is 711. The number of anilines is 2. The van der Waals surface area contributed by atoms with Gasteiger partial charge in [0.1, 0.15) is 5.75 Å². The number of benzene rings is 2. The lowest BCUT2D eigenvalue weighted by Crippen LogP contribution is -2.14. The van der Waals surface area contributed by atoms with E-state index in [9.17, 15) is 14.7 Å². The van der Waals surface area contributed by atoms with Gasteiger partial charge in [-0.1, -0.05) is 18.2 Å². The van der Waals surface area contributed by atoms with Crippen molar-refractivity contribution in [1.29, 1.82) is 0 Å². The van der Waals surface area contributed by atoms with Crippen LogP contribution in [-0.4, -0.2) is 31.3 Å². The number of nitrogens with one attached hydrogen (secondary N) is 1. The zero-order chi connectivity index (χ0) is 16.1. The molecule has 22 heavy (non-hydrogen) atoms. The maximum Gasteiger partial charge on any atom is 0.340 e. The van der Waals surface area contributed by atoms with Crippen LogP contribution in [0.5, 0.6) is 5.75 Å². The van der Waals surface area contributed by atoms with Crippen molar-refractivity contribution in [2.24, 2.45) is 0 Å². The van der Waals surface area contributed by atoms with Crippen LogP contribution in [0.1, 0.15) is 20.7 Å². The molecule has 2 aromatic rings. The first-order chi connectivity index (χ1) is 10.6. The van der Waals surface area contributed by atoms with Gasteiger partial charge in [-0.3, -0.25) is 0 Å². The minimum Gasteiger partial charge on any atom is -0.506 e. The van der Waals surface area contributed by atoms with E-state index < -0.39 is 11.9 Å². The number of esters is 2. The van der Waals surface area contributed by atoms with Crippen molar-refractivity contribution in [2.45, 2.75) is 0 Å². The summed E-state index contributed by atoms with van der Waals surface area (Å²) in [6.45, 7) is 0. The number of aromatic hydroxyl groups is 1. The molecule has 0 radical (unpaired) electrons. The summed E-state index contributed by atoms with van der Waals surface area (Å²) >= 11 is 0. The van der Waals surface area contributed by atoms with Crippen molar-refractivity contribution in [2.75, 3.05) is 19.5 Å². The third kappa shape index (κ3) is 3.01. The third-order valence-electron chi connectivity index (χ3n) is 3.03. The SMILES string of the molecule is COC(=O)c1cccc(Nc2ccccc2O)c1C(=O)OC. The number of carbonyl (C=O) groups excluding carboxylic acids is 2. The summed E-state index contributed by atoms with van der Waals surface area (Å²) in [6.07, 6.45) is 0. The van der Waals surface area contributed by atoms with Crippen LogP contribution in [-0.2, 0) is 9.47 Å². The lowest BCUT2D eigenvalue weighted by Gasteiger charge is -2.14.